The van der Waals surface area contributed by atoms with Crippen LogP contribution >= 0.6 is 11.3 Å². The maximum Gasteiger partial charge on any atom is 0.257 e. The standard InChI is InChI=1S/C21H23N5OS/c1-25-10-12-26(13-11-25)18-8-4-16(5-9-18)20(27)24-21-23-19(14-28-21)15-2-6-17(22)7-3-15/h2-9,14H,10-13,22H2,1H3,(H,23,24,27). The third-order valence-corrected chi connectivity index (χ3v) is 5.69. The molecule has 1 aliphatic heterocycles. The van der Waals surface area contributed by atoms with Gasteiger partial charge in [-0.2, -0.15) is 0 Å². The van der Waals surface area contributed by atoms with Gasteiger partial charge in [0.1, 0.15) is 0 Å². The Morgan fingerprint density at radius 3 is 2.39 bits per heavy atom. The summed E-state index contributed by atoms with van der Waals surface area (Å²) in [5, 5.41) is 5.40. The van der Waals surface area contributed by atoms with E-state index in [1.54, 1.807) is 0 Å². The first-order valence-corrected chi connectivity index (χ1v) is 10.1. The number of amides is 1. The summed E-state index contributed by atoms with van der Waals surface area (Å²) in [7, 11) is 2.14. The molecule has 1 aliphatic rings. The molecule has 144 valence electrons. The van der Waals surface area contributed by atoms with Gasteiger partial charge in [-0.15, -0.1) is 11.3 Å². The zero-order chi connectivity index (χ0) is 19.5. The van der Waals surface area contributed by atoms with E-state index in [1.165, 1.54) is 11.3 Å². The Hall–Kier alpha value is -2.90. The average Bonchev–Trinajstić information content (AvgIpc) is 3.18. The average molecular weight is 394 g/mol. The number of aromatic nitrogens is 1. The first-order chi connectivity index (χ1) is 13.6. The molecule has 1 aromatic heterocycles. The van der Waals surface area contributed by atoms with Gasteiger partial charge in [-0.25, -0.2) is 4.98 Å². The molecule has 3 aromatic rings. The van der Waals surface area contributed by atoms with E-state index >= 15 is 0 Å². The smallest absolute Gasteiger partial charge is 0.257 e. The molecule has 0 aliphatic carbocycles. The van der Waals surface area contributed by atoms with Gasteiger partial charge >= 0.3 is 0 Å². The molecule has 0 atom stereocenters. The van der Waals surface area contributed by atoms with Gasteiger partial charge in [-0.3, -0.25) is 10.1 Å². The molecule has 1 amide bonds. The lowest BCUT2D eigenvalue weighted by Gasteiger charge is -2.34. The Labute approximate surface area is 168 Å². The molecule has 0 bridgehead atoms. The Morgan fingerprint density at radius 1 is 1.04 bits per heavy atom. The quantitative estimate of drug-likeness (QED) is 0.665. The zero-order valence-corrected chi connectivity index (χ0v) is 16.6. The van der Waals surface area contributed by atoms with Gasteiger partial charge < -0.3 is 15.5 Å². The van der Waals surface area contributed by atoms with Crippen molar-refractivity contribution in [2.75, 3.05) is 49.2 Å². The fourth-order valence-electron chi connectivity index (χ4n) is 3.18. The predicted octanol–water partition coefficient (Wildman–Crippen LogP) is 3.40. The van der Waals surface area contributed by atoms with Crippen molar-refractivity contribution in [3.8, 4) is 11.3 Å². The van der Waals surface area contributed by atoms with Crippen molar-refractivity contribution in [2.24, 2.45) is 0 Å². The molecule has 0 saturated carbocycles. The van der Waals surface area contributed by atoms with Crippen LogP contribution in [0.4, 0.5) is 16.5 Å². The van der Waals surface area contributed by atoms with Gasteiger partial charge in [0, 0.05) is 54.1 Å². The number of nitrogens with two attached hydrogens (primary N) is 1. The van der Waals surface area contributed by atoms with Crippen molar-refractivity contribution in [3.63, 3.8) is 0 Å². The molecular formula is C21H23N5OS. The largest absolute Gasteiger partial charge is 0.399 e. The van der Waals surface area contributed by atoms with Crippen LogP contribution in [0.3, 0.4) is 0 Å². The first kappa shape index (κ1) is 18.5. The minimum atomic E-state index is -0.150. The van der Waals surface area contributed by atoms with E-state index in [2.05, 4.69) is 27.1 Å². The predicted molar refractivity (Wildman–Crippen MR) is 116 cm³/mol. The summed E-state index contributed by atoms with van der Waals surface area (Å²) >= 11 is 1.41. The first-order valence-electron chi connectivity index (χ1n) is 9.25. The van der Waals surface area contributed by atoms with Crippen LogP contribution in [0.2, 0.25) is 0 Å². The summed E-state index contributed by atoms with van der Waals surface area (Å²) in [6.45, 7) is 4.13. The van der Waals surface area contributed by atoms with Crippen LogP contribution in [0.5, 0.6) is 0 Å². The second-order valence-corrected chi connectivity index (χ2v) is 7.81. The number of likely N-dealkylation sites (N-methyl/N-ethyl adjacent to an activating group) is 1. The van der Waals surface area contributed by atoms with E-state index < -0.39 is 0 Å². The minimum absolute atomic E-state index is 0.150. The second kappa shape index (κ2) is 8.00. The summed E-state index contributed by atoms with van der Waals surface area (Å²) in [5.74, 6) is -0.150. The Bertz CT molecular complexity index is 944. The Kier molecular flexibility index (Phi) is 5.27. The summed E-state index contributed by atoms with van der Waals surface area (Å²) in [5.41, 5.74) is 10.0. The van der Waals surface area contributed by atoms with Crippen LogP contribution < -0.4 is 16.0 Å². The van der Waals surface area contributed by atoms with Crippen LogP contribution in [-0.2, 0) is 0 Å². The lowest BCUT2D eigenvalue weighted by atomic mass is 10.1. The van der Waals surface area contributed by atoms with Gasteiger partial charge in [-0.1, -0.05) is 12.1 Å². The van der Waals surface area contributed by atoms with Crippen molar-refractivity contribution < 1.29 is 4.79 Å². The van der Waals surface area contributed by atoms with Crippen molar-refractivity contribution in [3.05, 3.63) is 59.5 Å². The van der Waals surface area contributed by atoms with E-state index in [-0.39, 0.29) is 5.91 Å². The lowest BCUT2D eigenvalue weighted by molar-refractivity contribution is 0.102. The Morgan fingerprint density at radius 2 is 1.71 bits per heavy atom. The SMILES string of the molecule is CN1CCN(c2ccc(C(=O)Nc3nc(-c4ccc(N)cc4)cs3)cc2)CC1. The second-order valence-electron chi connectivity index (χ2n) is 6.95. The maximum atomic E-state index is 12.6. The molecule has 0 spiro atoms. The van der Waals surface area contributed by atoms with E-state index in [4.69, 9.17) is 5.73 Å². The van der Waals surface area contributed by atoms with Gasteiger partial charge in [0.2, 0.25) is 0 Å². The fourth-order valence-corrected chi connectivity index (χ4v) is 3.89. The maximum absolute atomic E-state index is 12.6. The summed E-state index contributed by atoms with van der Waals surface area (Å²) < 4.78 is 0. The van der Waals surface area contributed by atoms with E-state index in [0.29, 0.717) is 16.4 Å². The van der Waals surface area contributed by atoms with Crippen molar-refractivity contribution >= 4 is 33.8 Å². The molecule has 1 saturated heterocycles. The topological polar surface area (TPSA) is 74.5 Å². The zero-order valence-electron chi connectivity index (χ0n) is 15.8. The molecule has 4 rings (SSSR count). The number of hydrogen-bond donors (Lipinski definition) is 2. The number of thiazole rings is 1. The van der Waals surface area contributed by atoms with Crippen molar-refractivity contribution in [1.29, 1.82) is 0 Å². The number of nitrogens with zero attached hydrogens (tertiary/aromatic N) is 3. The number of hydrogen-bond acceptors (Lipinski definition) is 6. The summed E-state index contributed by atoms with van der Waals surface area (Å²) in [6.07, 6.45) is 0. The number of anilines is 3. The highest BCUT2D eigenvalue weighted by molar-refractivity contribution is 7.14. The highest BCUT2D eigenvalue weighted by atomic mass is 32.1. The molecular weight excluding hydrogens is 370 g/mol. The normalized spacial score (nSPS) is 14.8. The van der Waals surface area contributed by atoms with Crippen molar-refractivity contribution in [1.82, 2.24) is 9.88 Å². The molecule has 28 heavy (non-hydrogen) atoms. The minimum Gasteiger partial charge on any atom is -0.399 e. The summed E-state index contributed by atoms with van der Waals surface area (Å²) in [6, 6.07) is 15.3. The molecule has 3 N–H and O–H groups in total. The van der Waals surface area contributed by atoms with Gasteiger partial charge in [0.15, 0.2) is 5.13 Å². The molecule has 2 heterocycles. The van der Waals surface area contributed by atoms with Gasteiger partial charge in [-0.05, 0) is 43.4 Å². The summed E-state index contributed by atoms with van der Waals surface area (Å²) in [4.78, 5) is 21.7. The van der Waals surface area contributed by atoms with Crippen LogP contribution in [0.1, 0.15) is 10.4 Å². The van der Waals surface area contributed by atoms with Crippen molar-refractivity contribution in [2.45, 2.75) is 0 Å². The molecule has 1 fully saturated rings. The monoisotopic (exact) mass is 393 g/mol. The van der Waals surface area contributed by atoms with Gasteiger partial charge in [0.05, 0.1) is 5.69 Å². The third-order valence-electron chi connectivity index (χ3n) is 4.93. The number of piperazine rings is 1. The lowest BCUT2D eigenvalue weighted by Crippen LogP contribution is -2.44. The third kappa shape index (κ3) is 4.16. The van der Waals surface area contributed by atoms with Crippen LogP contribution in [-0.4, -0.2) is 49.0 Å². The molecule has 0 unspecified atom stereocenters. The van der Waals surface area contributed by atoms with Crippen LogP contribution in [0.15, 0.2) is 53.9 Å². The van der Waals surface area contributed by atoms with E-state index in [9.17, 15) is 4.79 Å². The van der Waals surface area contributed by atoms with E-state index in [0.717, 1.165) is 43.1 Å². The fraction of sp³-hybridized carbons (Fsp3) is 0.238. The molecule has 6 nitrogen and oxygen atoms in total. The van der Waals surface area contributed by atoms with Crippen LogP contribution in [0, 0.1) is 0 Å². The van der Waals surface area contributed by atoms with Crippen LogP contribution in [0.25, 0.3) is 11.3 Å². The Balaban J connectivity index is 1.40. The number of carbonyl (C=O) groups is 1. The number of benzene rings is 2. The van der Waals surface area contributed by atoms with Gasteiger partial charge in [0.25, 0.3) is 5.91 Å². The molecule has 2 aromatic carbocycles. The number of nitrogen functional groups attached to an aromatic ring is 1. The van der Waals surface area contributed by atoms with E-state index in [1.807, 2.05) is 53.9 Å². The molecule has 0 radical (unpaired) electrons. The number of rotatable bonds is 4. The highest BCUT2D eigenvalue weighted by Gasteiger charge is 2.15. The number of nitrogens with one attached hydrogen (secondary N) is 1. The highest BCUT2D eigenvalue weighted by Crippen LogP contribution is 2.26. The molecule has 7 heteroatoms. The number of carbonyl (C=O) groups excluding carboxylic acids is 1.